The Morgan fingerprint density at radius 2 is 1.48 bits per heavy atom. The number of imidazole rings is 1. The molecule has 0 radical (unpaired) electrons. The van der Waals surface area contributed by atoms with Gasteiger partial charge in [0.05, 0.1) is 62.5 Å². The molecule has 0 spiro atoms. The third-order valence-electron chi connectivity index (χ3n) is 13.9. The van der Waals surface area contributed by atoms with E-state index < -0.39 is 18.1 Å². The summed E-state index contributed by atoms with van der Waals surface area (Å²) in [6.45, 7) is 8.96. The number of hydrogen-bond acceptors (Lipinski definition) is 9. The van der Waals surface area contributed by atoms with E-state index in [0.29, 0.717) is 25.3 Å². The van der Waals surface area contributed by atoms with Gasteiger partial charge in [0.2, 0.25) is 17.7 Å². The molecule has 6 heterocycles. The molecule has 14 heteroatoms. The molecule has 1 aromatic heterocycles. The first kappa shape index (κ1) is 42.9. The number of aromatic nitrogens is 2. The number of esters is 1. The number of nitrogens with one attached hydrogen (secondary N) is 2. The van der Waals surface area contributed by atoms with Crippen LogP contribution in [0.1, 0.15) is 120 Å². The fourth-order valence-electron chi connectivity index (χ4n) is 10.5. The van der Waals surface area contributed by atoms with Gasteiger partial charge in [-0.25, -0.2) is 9.78 Å². The maximum Gasteiger partial charge on any atom is 0.407 e. The highest BCUT2D eigenvalue weighted by atomic mass is 16.5. The van der Waals surface area contributed by atoms with Crippen LogP contribution in [-0.4, -0.2) is 107 Å². The van der Waals surface area contributed by atoms with Gasteiger partial charge in [-0.05, 0) is 83.8 Å². The fourth-order valence-corrected chi connectivity index (χ4v) is 10.5. The van der Waals surface area contributed by atoms with Gasteiger partial charge < -0.3 is 34.5 Å². The number of allylic oxidation sites excluding steroid dienone is 1. The van der Waals surface area contributed by atoms with Crippen LogP contribution in [0, 0.1) is 17.8 Å². The largest absolute Gasteiger partial charge is 0.469 e. The molecule has 6 atom stereocenters. The number of benzene rings is 2. The first-order valence-electron chi connectivity index (χ1n) is 22.2. The van der Waals surface area contributed by atoms with E-state index in [1.54, 1.807) is 0 Å². The van der Waals surface area contributed by atoms with Gasteiger partial charge in [-0.1, -0.05) is 64.1 Å². The smallest absolute Gasteiger partial charge is 0.407 e. The molecule has 3 fully saturated rings. The lowest BCUT2D eigenvalue weighted by molar-refractivity contribution is -0.148. The Labute approximate surface area is 363 Å². The van der Waals surface area contributed by atoms with Crippen molar-refractivity contribution >= 4 is 41.1 Å². The number of carbonyl (C=O) groups excluding carboxylic acids is 5. The molecule has 2 aromatic carbocycles. The molecule has 14 nitrogen and oxygen atoms in total. The Bertz CT molecular complexity index is 2310. The van der Waals surface area contributed by atoms with E-state index in [1.807, 2.05) is 61.8 Å². The van der Waals surface area contributed by atoms with Crippen molar-refractivity contribution in [2.75, 3.05) is 34.4 Å². The van der Waals surface area contributed by atoms with Crippen molar-refractivity contribution in [1.82, 2.24) is 30.0 Å². The molecule has 328 valence electrons. The summed E-state index contributed by atoms with van der Waals surface area (Å²) in [7, 11) is 4.56. The maximum absolute atomic E-state index is 13.8. The summed E-state index contributed by atoms with van der Waals surface area (Å²) in [5, 5.41) is 2.72. The molecule has 3 aromatic rings. The van der Waals surface area contributed by atoms with Gasteiger partial charge in [0.25, 0.3) is 0 Å². The second-order valence-electron chi connectivity index (χ2n) is 18.2. The number of aliphatic imine (C=N–C) groups is 1. The number of likely N-dealkylation sites (tertiary alicyclic amines) is 2. The monoisotopic (exact) mass is 845 g/mol. The van der Waals surface area contributed by atoms with Crippen molar-refractivity contribution in [3.8, 4) is 22.4 Å². The number of hydrogen-bond donors (Lipinski definition) is 2. The molecule has 2 unspecified atom stereocenters. The fraction of sp³-hybridized carbons (Fsp3) is 0.521. The van der Waals surface area contributed by atoms with Crippen LogP contribution in [0.25, 0.3) is 28.0 Å². The zero-order chi connectivity index (χ0) is 44.0. The summed E-state index contributed by atoms with van der Waals surface area (Å²) in [5.74, 6) is -0.573. The Balaban J connectivity index is 1.03. The van der Waals surface area contributed by atoms with Gasteiger partial charge in [-0.3, -0.25) is 24.2 Å². The number of methoxy groups -OCH3 is 2. The lowest BCUT2D eigenvalue weighted by Crippen LogP contribution is -2.51. The summed E-state index contributed by atoms with van der Waals surface area (Å²) >= 11 is 0. The van der Waals surface area contributed by atoms with Gasteiger partial charge in [-0.2, -0.15) is 0 Å². The molecule has 6 aliphatic rings. The number of alkyl carbamates (subject to hydrolysis) is 1. The Hall–Kier alpha value is -5.79. The molecule has 2 bridgehead atoms. The van der Waals surface area contributed by atoms with Gasteiger partial charge in [0.15, 0.2) is 0 Å². The number of fused-ring (bicyclic) bond motifs is 2. The van der Waals surface area contributed by atoms with E-state index in [0.717, 1.165) is 83.3 Å². The van der Waals surface area contributed by atoms with Crippen molar-refractivity contribution in [3.05, 3.63) is 71.3 Å². The number of aromatic amines is 1. The van der Waals surface area contributed by atoms with E-state index in [2.05, 4.69) is 46.7 Å². The average Bonchev–Trinajstić information content (AvgIpc) is 4.12. The summed E-state index contributed by atoms with van der Waals surface area (Å²) in [6, 6.07) is 11.7. The minimum atomic E-state index is -0.727. The molecular weight excluding hydrogens is 787 g/mol. The molecule has 3 saturated heterocycles. The van der Waals surface area contributed by atoms with Crippen LogP contribution in [0.15, 0.2) is 53.8 Å². The first-order chi connectivity index (χ1) is 29.8. The lowest BCUT2D eigenvalue weighted by atomic mass is 9.70. The second kappa shape index (κ2) is 17.5. The number of rotatable bonds is 12. The quantitative estimate of drug-likeness (QED) is 0.181. The van der Waals surface area contributed by atoms with Crippen molar-refractivity contribution in [2.24, 2.45) is 22.7 Å². The van der Waals surface area contributed by atoms with Gasteiger partial charge >= 0.3 is 12.1 Å². The van der Waals surface area contributed by atoms with Crippen LogP contribution in [0.3, 0.4) is 0 Å². The highest BCUT2D eigenvalue weighted by molar-refractivity contribution is 6.03. The number of carbonyl (C=O) groups is 5. The van der Waals surface area contributed by atoms with Gasteiger partial charge in [0, 0.05) is 44.0 Å². The lowest BCUT2D eigenvalue weighted by Gasteiger charge is -2.46. The minimum Gasteiger partial charge on any atom is -0.469 e. The Kier molecular flexibility index (Phi) is 12.1. The SMILES string of the molecule is COC(=O)C[C@H](C(=O)N1CCC[C@H]1C1=NC=C(c2ccc(-c3ccc(-c4cnc([C@H]5CCCN5C(=O)[C@H](NC(=O)OC)C(C)C)[nH]4)c4c3C3CCC4C(=O)N3C)cc2)C1)C(C)C. The van der Waals surface area contributed by atoms with Crippen molar-refractivity contribution < 1.29 is 33.4 Å². The highest BCUT2D eigenvalue weighted by Crippen LogP contribution is 2.53. The molecule has 9 rings (SSSR count). The molecular formula is C48H59N7O7. The van der Waals surface area contributed by atoms with Crippen LogP contribution in [-0.2, 0) is 28.7 Å². The van der Waals surface area contributed by atoms with E-state index in [9.17, 15) is 24.0 Å². The summed E-state index contributed by atoms with van der Waals surface area (Å²) in [6.07, 6.45) is 8.78. The molecule has 62 heavy (non-hydrogen) atoms. The molecule has 0 saturated carbocycles. The molecule has 2 N–H and O–H groups in total. The summed E-state index contributed by atoms with van der Waals surface area (Å²) in [5.41, 5.74) is 9.27. The zero-order valence-corrected chi connectivity index (χ0v) is 36.9. The molecule has 5 aliphatic heterocycles. The Morgan fingerprint density at radius 3 is 2.16 bits per heavy atom. The van der Waals surface area contributed by atoms with E-state index in [1.165, 1.54) is 19.8 Å². The van der Waals surface area contributed by atoms with Crippen molar-refractivity contribution in [2.45, 2.75) is 109 Å². The summed E-state index contributed by atoms with van der Waals surface area (Å²) in [4.78, 5) is 84.6. The van der Waals surface area contributed by atoms with Crippen LogP contribution < -0.4 is 5.32 Å². The van der Waals surface area contributed by atoms with Crippen LogP contribution in [0.5, 0.6) is 0 Å². The van der Waals surface area contributed by atoms with E-state index >= 15 is 0 Å². The maximum atomic E-state index is 13.8. The van der Waals surface area contributed by atoms with Crippen LogP contribution in [0.2, 0.25) is 0 Å². The number of nitrogens with zero attached hydrogens (tertiary/aromatic N) is 5. The normalized spacial score (nSPS) is 22.8. The van der Waals surface area contributed by atoms with Crippen LogP contribution in [0.4, 0.5) is 4.79 Å². The number of piperidine rings is 1. The summed E-state index contributed by atoms with van der Waals surface area (Å²) < 4.78 is 9.71. The van der Waals surface area contributed by atoms with Gasteiger partial charge in [0.1, 0.15) is 11.9 Å². The molecule has 1 aliphatic carbocycles. The third kappa shape index (κ3) is 7.81. The third-order valence-corrected chi connectivity index (χ3v) is 13.9. The van der Waals surface area contributed by atoms with E-state index in [-0.39, 0.29) is 66.0 Å². The number of H-pyrrole nitrogens is 1. The van der Waals surface area contributed by atoms with Crippen molar-refractivity contribution in [1.29, 1.82) is 0 Å². The van der Waals surface area contributed by atoms with Crippen LogP contribution >= 0.6 is 0 Å². The average molecular weight is 846 g/mol. The zero-order valence-electron chi connectivity index (χ0n) is 36.9. The topological polar surface area (TPSA) is 167 Å². The Morgan fingerprint density at radius 1 is 0.806 bits per heavy atom. The second-order valence-corrected chi connectivity index (χ2v) is 18.2. The highest BCUT2D eigenvalue weighted by Gasteiger charge is 2.46. The van der Waals surface area contributed by atoms with Gasteiger partial charge in [-0.15, -0.1) is 0 Å². The molecule has 4 amide bonds. The number of amides is 4. The minimum absolute atomic E-state index is 0.00430. The first-order valence-corrected chi connectivity index (χ1v) is 22.2. The standard InChI is InChI=1S/C48H59N7O7/c1-26(2)34(23-40(56)61-6)46(58)54-20-8-10-37(54)35-22-30(24-49-35)28-12-14-29(15-13-28)31-16-17-32(41-33-18-19-38(42(31)41)53(5)45(33)57)36-25-50-44(51-36)39-11-9-21-55(39)47(59)43(27(3)4)52-48(60)62-7/h12-17,24-27,33-34,37-39,43H,8-11,18-23H2,1-7H3,(H,50,51)(H,52,60)/t33?,34-,37-,38?,39+,43+/m0/s1. The van der Waals surface area contributed by atoms with E-state index in [4.69, 9.17) is 19.5 Å². The van der Waals surface area contributed by atoms with Crippen molar-refractivity contribution in [3.63, 3.8) is 0 Å². The predicted molar refractivity (Wildman–Crippen MR) is 235 cm³/mol. The number of likely N-dealkylation sites (N-methyl/N-ethyl adjacent to an activating group) is 1. The predicted octanol–water partition coefficient (Wildman–Crippen LogP) is 7.19. The number of ether oxygens (including phenoxy) is 2.